The highest BCUT2D eigenvalue weighted by Gasteiger charge is 2.16. The van der Waals surface area contributed by atoms with E-state index < -0.39 is 0 Å². The fourth-order valence-electron chi connectivity index (χ4n) is 3.53. The van der Waals surface area contributed by atoms with Gasteiger partial charge in [0, 0.05) is 31.0 Å². The van der Waals surface area contributed by atoms with Crippen molar-refractivity contribution in [2.45, 2.75) is 13.0 Å². The Hall–Kier alpha value is -4.57. The summed E-state index contributed by atoms with van der Waals surface area (Å²) in [6.45, 7) is 0.695. The van der Waals surface area contributed by atoms with Crippen molar-refractivity contribution in [1.29, 1.82) is 5.26 Å². The maximum absolute atomic E-state index is 14.0. The number of pyridine rings is 2. The summed E-state index contributed by atoms with van der Waals surface area (Å²) < 4.78 is 14.0. The van der Waals surface area contributed by atoms with E-state index in [1.54, 1.807) is 60.9 Å². The van der Waals surface area contributed by atoms with Crippen LogP contribution in [-0.4, -0.2) is 22.4 Å². The van der Waals surface area contributed by atoms with E-state index in [2.05, 4.69) is 26.7 Å². The lowest BCUT2D eigenvalue weighted by Gasteiger charge is -2.14. The zero-order valence-corrected chi connectivity index (χ0v) is 18.3. The molecule has 2 heterocycles. The number of nitrogens with zero attached hydrogens (tertiary/aromatic N) is 3. The smallest absolute Gasteiger partial charge is 0.255 e. The van der Waals surface area contributed by atoms with E-state index in [4.69, 9.17) is 0 Å². The van der Waals surface area contributed by atoms with Crippen molar-refractivity contribution in [3.05, 3.63) is 113 Å². The fourth-order valence-corrected chi connectivity index (χ4v) is 3.53. The highest BCUT2D eigenvalue weighted by atomic mass is 19.1. The fraction of sp³-hybridized carbons (Fsp3) is 0.111. The minimum Gasteiger partial charge on any atom is -0.369 e. The second kappa shape index (κ2) is 10.8. The van der Waals surface area contributed by atoms with Crippen LogP contribution in [0.5, 0.6) is 0 Å². The minimum absolute atomic E-state index is 0.275. The summed E-state index contributed by atoms with van der Waals surface area (Å²) in [6.07, 6.45) is 3.78. The van der Waals surface area contributed by atoms with Crippen LogP contribution >= 0.6 is 0 Å². The first kappa shape index (κ1) is 22.6. The second-order valence-corrected chi connectivity index (χ2v) is 7.56. The topological polar surface area (TPSA) is 90.7 Å². The van der Waals surface area contributed by atoms with E-state index in [1.807, 2.05) is 18.2 Å². The summed E-state index contributed by atoms with van der Waals surface area (Å²) in [5.41, 5.74) is 3.52. The predicted octanol–water partition coefficient (Wildman–Crippen LogP) is 4.74. The van der Waals surface area contributed by atoms with E-state index in [9.17, 15) is 14.4 Å². The van der Waals surface area contributed by atoms with Crippen molar-refractivity contribution in [2.24, 2.45) is 0 Å². The molecule has 0 spiro atoms. The third kappa shape index (κ3) is 5.43. The molecule has 0 aliphatic rings. The number of benzene rings is 2. The minimum atomic E-state index is -0.301. The van der Waals surface area contributed by atoms with E-state index in [-0.39, 0.29) is 11.7 Å². The molecule has 0 unspecified atom stereocenters. The second-order valence-electron chi connectivity index (χ2n) is 7.56. The molecule has 4 rings (SSSR count). The Balaban J connectivity index is 1.59. The molecular formula is C27H22FN5O. The van der Waals surface area contributed by atoms with Crippen LogP contribution in [0.15, 0.2) is 85.2 Å². The number of nitriles is 1. The SMILES string of the molecule is N#Cc1ccccc1-c1ccc(C(=O)NCc2cccnc2)c(NCCc2ccccc2F)n1. The molecule has 0 aliphatic heterocycles. The van der Waals surface area contributed by atoms with Gasteiger partial charge in [-0.25, -0.2) is 9.37 Å². The van der Waals surface area contributed by atoms with Crippen LogP contribution < -0.4 is 10.6 Å². The van der Waals surface area contributed by atoms with Crippen LogP contribution in [0.2, 0.25) is 0 Å². The Labute approximate surface area is 197 Å². The van der Waals surface area contributed by atoms with Gasteiger partial charge >= 0.3 is 0 Å². The lowest BCUT2D eigenvalue weighted by atomic mass is 10.0. The highest BCUT2D eigenvalue weighted by Crippen LogP contribution is 2.25. The molecule has 0 atom stereocenters. The molecular weight excluding hydrogens is 429 g/mol. The first-order chi connectivity index (χ1) is 16.7. The number of nitrogens with one attached hydrogen (secondary N) is 2. The largest absolute Gasteiger partial charge is 0.369 e. The molecule has 7 heteroatoms. The van der Waals surface area contributed by atoms with Crippen LogP contribution in [0.25, 0.3) is 11.3 Å². The molecule has 2 N–H and O–H groups in total. The van der Waals surface area contributed by atoms with Gasteiger partial charge in [0.05, 0.1) is 22.9 Å². The number of carbonyl (C=O) groups is 1. The van der Waals surface area contributed by atoms with Gasteiger partial charge in [-0.15, -0.1) is 0 Å². The summed E-state index contributed by atoms with van der Waals surface area (Å²) in [7, 11) is 0. The van der Waals surface area contributed by atoms with Gasteiger partial charge in [0.1, 0.15) is 11.6 Å². The summed E-state index contributed by atoms with van der Waals surface area (Å²) in [4.78, 5) is 21.7. The average Bonchev–Trinajstić information content (AvgIpc) is 2.89. The number of aromatic nitrogens is 2. The van der Waals surface area contributed by atoms with Gasteiger partial charge in [0.25, 0.3) is 5.91 Å². The van der Waals surface area contributed by atoms with Gasteiger partial charge in [-0.2, -0.15) is 5.26 Å². The molecule has 0 bridgehead atoms. The first-order valence-electron chi connectivity index (χ1n) is 10.8. The van der Waals surface area contributed by atoms with Crippen LogP contribution in [0, 0.1) is 17.1 Å². The number of rotatable bonds is 8. The number of hydrogen-bond donors (Lipinski definition) is 2. The maximum atomic E-state index is 14.0. The normalized spacial score (nSPS) is 10.4. The van der Waals surface area contributed by atoms with Crippen molar-refractivity contribution < 1.29 is 9.18 Å². The van der Waals surface area contributed by atoms with Crippen LogP contribution in [0.1, 0.15) is 27.0 Å². The van der Waals surface area contributed by atoms with Gasteiger partial charge < -0.3 is 10.6 Å². The summed E-state index contributed by atoms with van der Waals surface area (Å²) in [6, 6.07) is 23.0. The standard InChI is InChI=1S/C27H22FN5O/c28-24-10-4-2-7-20(24)13-15-31-26-23(27(34)32-18-19-6-5-14-30-17-19)11-12-25(33-26)22-9-3-1-8-21(22)16-29/h1-12,14,17H,13,15,18H2,(H,31,33)(H,32,34). The number of carbonyl (C=O) groups excluding carboxylic acids is 1. The third-order valence-electron chi connectivity index (χ3n) is 5.28. The lowest BCUT2D eigenvalue weighted by molar-refractivity contribution is 0.0951. The van der Waals surface area contributed by atoms with Gasteiger partial charge in [-0.3, -0.25) is 9.78 Å². The number of hydrogen-bond acceptors (Lipinski definition) is 5. The Morgan fingerprint density at radius 3 is 2.62 bits per heavy atom. The highest BCUT2D eigenvalue weighted by molar-refractivity contribution is 5.99. The Kier molecular flexibility index (Phi) is 7.21. The van der Waals surface area contributed by atoms with Gasteiger partial charge in [-0.1, -0.05) is 42.5 Å². The molecule has 0 aliphatic carbocycles. The Bertz CT molecular complexity index is 1330. The van der Waals surface area contributed by atoms with E-state index in [0.717, 1.165) is 5.56 Å². The molecule has 4 aromatic rings. The average molecular weight is 452 g/mol. The predicted molar refractivity (Wildman–Crippen MR) is 128 cm³/mol. The van der Waals surface area contributed by atoms with Crippen LogP contribution in [0.3, 0.4) is 0 Å². The molecule has 0 saturated carbocycles. The van der Waals surface area contributed by atoms with Crippen molar-refractivity contribution >= 4 is 11.7 Å². The quantitative estimate of drug-likeness (QED) is 0.404. The van der Waals surface area contributed by atoms with Crippen LogP contribution in [0.4, 0.5) is 10.2 Å². The Morgan fingerprint density at radius 1 is 1.00 bits per heavy atom. The van der Waals surface area contributed by atoms with E-state index in [1.165, 1.54) is 6.07 Å². The van der Waals surface area contributed by atoms with E-state index >= 15 is 0 Å². The van der Waals surface area contributed by atoms with Crippen molar-refractivity contribution in [1.82, 2.24) is 15.3 Å². The molecule has 0 radical (unpaired) electrons. The number of anilines is 1. The molecule has 6 nitrogen and oxygen atoms in total. The molecule has 0 saturated heterocycles. The zero-order valence-electron chi connectivity index (χ0n) is 18.3. The molecule has 2 aromatic heterocycles. The van der Waals surface area contributed by atoms with E-state index in [0.29, 0.717) is 53.3 Å². The van der Waals surface area contributed by atoms with Crippen molar-refractivity contribution in [3.63, 3.8) is 0 Å². The monoisotopic (exact) mass is 451 g/mol. The maximum Gasteiger partial charge on any atom is 0.255 e. The molecule has 34 heavy (non-hydrogen) atoms. The molecule has 168 valence electrons. The van der Waals surface area contributed by atoms with Gasteiger partial charge in [-0.05, 0) is 47.9 Å². The molecule has 2 aromatic carbocycles. The van der Waals surface area contributed by atoms with Crippen LogP contribution in [-0.2, 0) is 13.0 Å². The number of amides is 1. The third-order valence-corrected chi connectivity index (χ3v) is 5.28. The first-order valence-corrected chi connectivity index (χ1v) is 10.8. The molecule has 0 fully saturated rings. The van der Waals surface area contributed by atoms with Gasteiger partial charge in [0.15, 0.2) is 0 Å². The Morgan fingerprint density at radius 2 is 1.82 bits per heavy atom. The summed E-state index contributed by atoms with van der Waals surface area (Å²) in [5.74, 6) is -0.210. The summed E-state index contributed by atoms with van der Waals surface area (Å²) >= 11 is 0. The van der Waals surface area contributed by atoms with Gasteiger partial charge in [0.2, 0.25) is 0 Å². The van der Waals surface area contributed by atoms with Crippen molar-refractivity contribution in [3.8, 4) is 17.3 Å². The van der Waals surface area contributed by atoms with Crippen molar-refractivity contribution in [2.75, 3.05) is 11.9 Å². The lowest BCUT2D eigenvalue weighted by Crippen LogP contribution is -2.25. The zero-order chi connectivity index (χ0) is 23.8. The number of halogens is 1. The summed E-state index contributed by atoms with van der Waals surface area (Å²) in [5, 5.41) is 15.5. The molecule has 1 amide bonds.